The third kappa shape index (κ3) is 4.55. The average Bonchev–Trinajstić information content (AvgIpc) is 3.23. The lowest BCUT2D eigenvalue weighted by Gasteiger charge is -2.17. The molecule has 2 amide bonds. The maximum atomic E-state index is 13.0. The number of aromatic nitrogens is 2. The maximum Gasteiger partial charge on any atom is 0.278 e. The van der Waals surface area contributed by atoms with Gasteiger partial charge in [0.1, 0.15) is 5.69 Å². The number of anilines is 2. The zero-order valence-corrected chi connectivity index (χ0v) is 17.4. The van der Waals surface area contributed by atoms with E-state index in [2.05, 4.69) is 17.3 Å². The van der Waals surface area contributed by atoms with Gasteiger partial charge in [0.25, 0.3) is 11.5 Å². The Kier molecular flexibility index (Phi) is 5.93. The highest BCUT2D eigenvalue weighted by Gasteiger charge is 2.26. The molecule has 1 N–H and O–H groups in total. The molecule has 0 saturated heterocycles. The predicted molar refractivity (Wildman–Crippen MR) is 119 cm³/mol. The summed E-state index contributed by atoms with van der Waals surface area (Å²) in [5.74, 6) is -0.470. The minimum absolute atomic E-state index is 0.0760. The molecule has 0 unspecified atom stereocenters. The summed E-state index contributed by atoms with van der Waals surface area (Å²) in [5, 5.41) is 7.04. The van der Waals surface area contributed by atoms with Crippen LogP contribution in [-0.2, 0) is 24.2 Å². The van der Waals surface area contributed by atoms with E-state index in [9.17, 15) is 14.4 Å². The van der Waals surface area contributed by atoms with Crippen molar-refractivity contribution in [2.24, 2.45) is 0 Å². The second-order valence-corrected chi connectivity index (χ2v) is 7.46. The van der Waals surface area contributed by atoms with Gasteiger partial charge < -0.3 is 10.2 Å². The summed E-state index contributed by atoms with van der Waals surface area (Å²) in [5.41, 5.74) is 3.73. The fraction of sp³-hybridized carbons (Fsp3) is 0.250. The first-order valence-corrected chi connectivity index (χ1v) is 10.4. The van der Waals surface area contributed by atoms with Crippen molar-refractivity contribution in [3.8, 4) is 0 Å². The van der Waals surface area contributed by atoms with Crippen molar-refractivity contribution in [3.63, 3.8) is 0 Å². The van der Waals surface area contributed by atoms with Crippen LogP contribution in [0.25, 0.3) is 0 Å². The van der Waals surface area contributed by atoms with Crippen LogP contribution >= 0.6 is 0 Å². The number of hydrogen-bond acceptors (Lipinski definition) is 4. The zero-order valence-electron chi connectivity index (χ0n) is 17.4. The third-order valence-electron chi connectivity index (χ3n) is 5.41. The van der Waals surface area contributed by atoms with Gasteiger partial charge in [0.15, 0.2) is 0 Å². The number of nitrogens with one attached hydrogen (secondary N) is 1. The van der Waals surface area contributed by atoms with E-state index in [0.29, 0.717) is 12.2 Å². The Labute approximate surface area is 180 Å². The van der Waals surface area contributed by atoms with Gasteiger partial charge in [-0.3, -0.25) is 14.4 Å². The molecule has 0 aliphatic carbocycles. The highest BCUT2D eigenvalue weighted by molar-refractivity contribution is 6.05. The van der Waals surface area contributed by atoms with E-state index < -0.39 is 0 Å². The fourth-order valence-electron chi connectivity index (χ4n) is 3.67. The van der Waals surface area contributed by atoms with E-state index >= 15 is 0 Å². The number of rotatable bonds is 6. The van der Waals surface area contributed by atoms with Crippen molar-refractivity contribution in [3.05, 3.63) is 87.8 Å². The van der Waals surface area contributed by atoms with Gasteiger partial charge in [-0.25, -0.2) is 4.68 Å². The minimum atomic E-state index is -0.349. The Balaban J connectivity index is 1.42. The molecule has 2 aromatic carbocycles. The lowest BCUT2D eigenvalue weighted by atomic mass is 10.1. The van der Waals surface area contributed by atoms with Gasteiger partial charge >= 0.3 is 0 Å². The summed E-state index contributed by atoms with van der Waals surface area (Å²) in [4.78, 5) is 39.1. The van der Waals surface area contributed by atoms with Gasteiger partial charge in [-0.1, -0.05) is 37.3 Å². The summed E-state index contributed by atoms with van der Waals surface area (Å²) in [6.45, 7) is 2.74. The molecule has 7 nitrogen and oxygen atoms in total. The Morgan fingerprint density at radius 2 is 1.81 bits per heavy atom. The molecule has 0 bridgehead atoms. The number of amides is 2. The Morgan fingerprint density at radius 3 is 2.58 bits per heavy atom. The van der Waals surface area contributed by atoms with Gasteiger partial charge in [-0.05, 0) is 48.2 Å². The van der Waals surface area contributed by atoms with E-state index in [0.717, 1.165) is 24.1 Å². The van der Waals surface area contributed by atoms with Crippen molar-refractivity contribution >= 4 is 23.2 Å². The molecular formula is C24H24N4O3. The predicted octanol–water partition coefficient (Wildman–Crippen LogP) is 3.04. The second-order valence-electron chi connectivity index (χ2n) is 7.46. The monoisotopic (exact) mass is 416 g/mol. The minimum Gasteiger partial charge on any atom is -0.326 e. The van der Waals surface area contributed by atoms with Crippen LogP contribution in [0.1, 0.15) is 35.0 Å². The van der Waals surface area contributed by atoms with E-state index in [1.54, 1.807) is 4.90 Å². The average molecular weight is 416 g/mol. The van der Waals surface area contributed by atoms with Gasteiger partial charge in [-0.2, -0.15) is 5.10 Å². The number of aryl methyl sites for hydroxylation is 2. The molecule has 0 spiro atoms. The second kappa shape index (κ2) is 8.95. The molecule has 0 radical (unpaired) electrons. The molecule has 31 heavy (non-hydrogen) atoms. The lowest BCUT2D eigenvalue weighted by molar-refractivity contribution is -0.116. The molecule has 4 rings (SSSR count). The van der Waals surface area contributed by atoms with Crippen molar-refractivity contribution in [2.45, 2.75) is 32.7 Å². The summed E-state index contributed by atoms with van der Waals surface area (Å²) >= 11 is 0. The Bertz CT molecular complexity index is 1170. The smallest absolute Gasteiger partial charge is 0.278 e. The molecule has 1 aromatic heterocycles. The summed E-state index contributed by atoms with van der Waals surface area (Å²) in [7, 11) is 0. The molecule has 7 heteroatoms. The van der Waals surface area contributed by atoms with Gasteiger partial charge in [-0.15, -0.1) is 0 Å². The molecule has 1 aliphatic heterocycles. The fourth-order valence-corrected chi connectivity index (χ4v) is 3.67. The number of carbonyl (C=O) groups excluding carboxylic acids is 2. The molecule has 3 aromatic rings. The summed E-state index contributed by atoms with van der Waals surface area (Å²) in [6.07, 6.45) is 1.80. The van der Waals surface area contributed by atoms with Crippen LogP contribution in [0.15, 0.2) is 65.5 Å². The van der Waals surface area contributed by atoms with Crippen LogP contribution in [0.4, 0.5) is 11.4 Å². The first kappa shape index (κ1) is 20.5. The Morgan fingerprint density at radius 1 is 1.03 bits per heavy atom. The highest BCUT2D eigenvalue weighted by atomic mass is 16.2. The first-order chi connectivity index (χ1) is 15.0. The van der Waals surface area contributed by atoms with Gasteiger partial charge in [0.2, 0.25) is 5.91 Å². The van der Waals surface area contributed by atoms with E-state index in [-0.39, 0.29) is 36.0 Å². The van der Waals surface area contributed by atoms with Crippen molar-refractivity contribution in [1.82, 2.24) is 9.78 Å². The quantitative estimate of drug-likeness (QED) is 0.669. The number of para-hydroxylation sites is 1. The molecule has 0 atom stereocenters. The van der Waals surface area contributed by atoms with Crippen LogP contribution in [-0.4, -0.2) is 28.1 Å². The number of carbonyl (C=O) groups is 2. The van der Waals surface area contributed by atoms with Crippen molar-refractivity contribution in [1.29, 1.82) is 0 Å². The number of hydrogen-bond donors (Lipinski definition) is 1. The van der Waals surface area contributed by atoms with Gasteiger partial charge in [0.05, 0.1) is 6.54 Å². The Hall–Kier alpha value is -3.74. The van der Waals surface area contributed by atoms with Crippen LogP contribution in [0, 0.1) is 0 Å². The molecular weight excluding hydrogens is 392 g/mol. The summed E-state index contributed by atoms with van der Waals surface area (Å²) < 4.78 is 1.18. The third-order valence-corrected chi connectivity index (χ3v) is 5.41. The van der Waals surface area contributed by atoms with Crippen LogP contribution in [0.2, 0.25) is 0 Å². The number of nitrogens with zero attached hydrogens (tertiary/aromatic N) is 3. The van der Waals surface area contributed by atoms with E-state index in [1.807, 2.05) is 48.5 Å². The highest BCUT2D eigenvalue weighted by Crippen LogP contribution is 2.28. The largest absolute Gasteiger partial charge is 0.326 e. The zero-order chi connectivity index (χ0) is 21.8. The van der Waals surface area contributed by atoms with Crippen LogP contribution in [0.3, 0.4) is 0 Å². The molecule has 158 valence electrons. The topological polar surface area (TPSA) is 84.3 Å². The lowest BCUT2D eigenvalue weighted by Crippen LogP contribution is -2.33. The van der Waals surface area contributed by atoms with Crippen LogP contribution in [0.5, 0.6) is 0 Å². The normalized spacial score (nSPS) is 12.5. The van der Waals surface area contributed by atoms with E-state index in [1.165, 1.54) is 22.4 Å². The number of benzene rings is 2. The molecule has 0 fully saturated rings. The standard InChI is InChI=1S/C24H24N4O3/c1-2-17-7-9-19(10-8-17)25-22(29)14-16-28-23(30)12-11-20(26-28)24(31)27-15-13-18-5-3-4-6-21(18)27/h3-12H,2,13-16H2,1H3,(H,25,29). The SMILES string of the molecule is CCc1ccc(NC(=O)CCn2nc(C(=O)N3CCc4ccccc43)ccc2=O)cc1. The molecule has 1 aliphatic rings. The molecule has 0 saturated carbocycles. The van der Waals surface area contributed by atoms with Crippen LogP contribution < -0.4 is 15.8 Å². The summed E-state index contributed by atoms with van der Waals surface area (Å²) in [6, 6.07) is 18.2. The molecule has 2 heterocycles. The van der Waals surface area contributed by atoms with E-state index in [4.69, 9.17) is 0 Å². The first-order valence-electron chi connectivity index (χ1n) is 10.4. The van der Waals surface area contributed by atoms with Crippen molar-refractivity contribution in [2.75, 3.05) is 16.8 Å². The number of fused-ring (bicyclic) bond motifs is 1. The van der Waals surface area contributed by atoms with Crippen molar-refractivity contribution < 1.29 is 9.59 Å². The van der Waals surface area contributed by atoms with Gasteiger partial charge in [0, 0.05) is 30.4 Å². The maximum absolute atomic E-state index is 13.0.